The van der Waals surface area contributed by atoms with Crippen LogP contribution in [0.3, 0.4) is 0 Å². The quantitative estimate of drug-likeness (QED) is 0.603. The van der Waals surface area contributed by atoms with Gasteiger partial charge in [-0.3, -0.25) is 4.79 Å². The Morgan fingerprint density at radius 1 is 1.33 bits per heavy atom. The van der Waals surface area contributed by atoms with Gasteiger partial charge in [-0.1, -0.05) is 0 Å². The van der Waals surface area contributed by atoms with Gasteiger partial charge in [-0.25, -0.2) is 0 Å². The Bertz CT molecular complexity index is 180. The molecule has 0 fully saturated rings. The highest BCUT2D eigenvalue weighted by Crippen LogP contribution is 2.01. The molecule has 15 heavy (non-hydrogen) atoms. The molecule has 0 radical (unpaired) electrons. The minimum absolute atomic E-state index is 0.109. The van der Waals surface area contributed by atoms with Crippen molar-refractivity contribution in [2.24, 2.45) is 0 Å². The van der Waals surface area contributed by atoms with E-state index in [0.717, 1.165) is 0 Å². The van der Waals surface area contributed by atoms with E-state index in [-0.39, 0.29) is 11.9 Å². The zero-order valence-electron chi connectivity index (χ0n) is 9.82. The second kappa shape index (κ2) is 7.62. The number of aliphatic hydroxyl groups excluding tert-OH is 1. The predicted octanol–water partition coefficient (Wildman–Crippen LogP) is 0.271. The minimum Gasteiger partial charge on any atom is -0.393 e. The molecule has 0 aliphatic heterocycles. The van der Waals surface area contributed by atoms with Crippen LogP contribution < -0.4 is 5.32 Å². The van der Waals surface area contributed by atoms with E-state index in [1.807, 2.05) is 0 Å². The summed E-state index contributed by atoms with van der Waals surface area (Å²) in [5.74, 6) is -0.109. The molecule has 2 N–H and O–H groups in total. The number of rotatable bonds is 7. The molecule has 5 heteroatoms. The summed E-state index contributed by atoms with van der Waals surface area (Å²) in [6.07, 6.45) is -0.127. The highest BCUT2D eigenvalue weighted by molar-refractivity contribution is 5.76. The molecule has 0 saturated heterocycles. The van der Waals surface area contributed by atoms with Crippen molar-refractivity contribution >= 4 is 5.91 Å². The van der Waals surface area contributed by atoms with Crippen molar-refractivity contribution in [1.29, 1.82) is 0 Å². The van der Waals surface area contributed by atoms with Crippen LogP contribution in [-0.2, 0) is 14.3 Å². The lowest BCUT2D eigenvalue weighted by atomic mass is 10.2. The lowest BCUT2D eigenvalue weighted by Gasteiger charge is -2.22. The maximum Gasteiger partial charge on any atom is 0.220 e. The number of amides is 1. The van der Waals surface area contributed by atoms with Crippen LogP contribution in [0, 0.1) is 0 Å². The van der Waals surface area contributed by atoms with Gasteiger partial charge in [-0.15, -0.1) is 0 Å². The fourth-order valence-electron chi connectivity index (χ4n) is 1.24. The molecule has 0 aliphatic carbocycles. The molecule has 0 saturated carbocycles. The third-order valence-electron chi connectivity index (χ3n) is 2.05. The summed E-state index contributed by atoms with van der Waals surface area (Å²) in [6, 6.07) is -0.207. The lowest BCUT2D eigenvalue weighted by Crippen LogP contribution is -2.43. The van der Waals surface area contributed by atoms with Crippen LogP contribution in [0.25, 0.3) is 0 Å². The summed E-state index contributed by atoms with van der Waals surface area (Å²) in [5.41, 5.74) is 0. The largest absolute Gasteiger partial charge is 0.393 e. The first-order chi connectivity index (χ1) is 7.01. The lowest BCUT2D eigenvalue weighted by molar-refractivity contribution is -0.136. The Balaban J connectivity index is 3.84. The van der Waals surface area contributed by atoms with Crippen molar-refractivity contribution in [3.8, 4) is 0 Å². The van der Waals surface area contributed by atoms with Crippen molar-refractivity contribution in [2.45, 2.75) is 45.1 Å². The molecule has 5 nitrogen and oxygen atoms in total. The number of aliphatic hydroxyl groups is 1. The number of carbonyl (C=O) groups is 1. The topological polar surface area (TPSA) is 67.8 Å². The Kier molecular flexibility index (Phi) is 7.29. The fraction of sp³-hybridized carbons (Fsp3) is 0.900. The molecular weight excluding hydrogens is 198 g/mol. The van der Waals surface area contributed by atoms with Crippen molar-refractivity contribution in [3.05, 3.63) is 0 Å². The summed E-state index contributed by atoms with van der Waals surface area (Å²) in [5, 5.41) is 11.7. The molecule has 0 aromatic carbocycles. The van der Waals surface area contributed by atoms with E-state index < -0.39 is 12.4 Å². The highest BCUT2D eigenvalue weighted by Gasteiger charge is 2.17. The zero-order chi connectivity index (χ0) is 11.8. The van der Waals surface area contributed by atoms with Crippen molar-refractivity contribution in [1.82, 2.24) is 5.32 Å². The second-order valence-corrected chi connectivity index (χ2v) is 3.58. The van der Waals surface area contributed by atoms with E-state index in [1.165, 1.54) is 14.2 Å². The number of hydrogen-bond acceptors (Lipinski definition) is 4. The van der Waals surface area contributed by atoms with Gasteiger partial charge in [0.15, 0.2) is 6.29 Å². The molecule has 0 aromatic rings. The van der Waals surface area contributed by atoms with E-state index in [4.69, 9.17) is 14.6 Å². The SMILES string of the molecule is COC(OC)C(C)NC(=O)CCC(C)O. The normalized spacial score (nSPS) is 15.1. The standard InChI is InChI=1S/C10H21NO4/c1-7(12)5-6-9(13)11-8(2)10(14-3)15-4/h7-8,10,12H,5-6H2,1-4H3,(H,11,13). The van der Waals surface area contributed by atoms with Crippen molar-refractivity contribution in [2.75, 3.05) is 14.2 Å². The van der Waals surface area contributed by atoms with Crippen LogP contribution in [-0.4, -0.2) is 43.7 Å². The Labute approximate surface area is 90.8 Å². The number of ether oxygens (including phenoxy) is 2. The van der Waals surface area contributed by atoms with Gasteiger partial charge in [-0.05, 0) is 20.3 Å². The fourth-order valence-corrected chi connectivity index (χ4v) is 1.24. The smallest absolute Gasteiger partial charge is 0.220 e. The Morgan fingerprint density at radius 3 is 2.27 bits per heavy atom. The second-order valence-electron chi connectivity index (χ2n) is 3.58. The summed E-state index contributed by atoms with van der Waals surface area (Å²) in [4.78, 5) is 11.4. The van der Waals surface area contributed by atoms with E-state index >= 15 is 0 Å². The molecular formula is C10H21NO4. The summed E-state index contributed by atoms with van der Waals surface area (Å²) in [6.45, 7) is 3.46. The summed E-state index contributed by atoms with van der Waals surface area (Å²) < 4.78 is 10.0. The third-order valence-corrected chi connectivity index (χ3v) is 2.05. The average Bonchev–Trinajstić information content (AvgIpc) is 2.16. The molecule has 90 valence electrons. The highest BCUT2D eigenvalue weighted by atomic mass is 16.7. The van der Waals surface area contributed by atoms with Crippen LogP contribution in [0.5, 0.6) is 0 Å². The molecule has 0 spiro atoms. The maximum atomic E-state index is 11.4. The Morgan fingerprint density at radius 2 is 1.87 bits per heavy atom. The predicted molar refractivity (Wildman–Crippen MR) is 56.3 cm³/mol. The van der Waals surface area contributed by atoms with Crippen LogP contribution in [0.1, 0.15) is 26.7 Å². The van der Waals surface area contributed by atoms with Gasteiger partial charge in [0.25, 0.3) is 0 Å². The maximum absolute atomic E-state index is 11.4. The molecule has 1 amide bonds. The van der Waals surface area contributed by atoms with Gasteiger partial charge in [0.1, 0.15) is 0 Å². The Hall–Kier alpha value is -0.650. The number of hydrogen-bond donors (Lipinski definition) is 2. The minimum atomic E-state index is -0.452. The summed E-state index contributed by atoms with van der Waals surface area (Å²) >= 11 is 0. The monoisotopic (exact) mass is 219 g/mol. The molecule has 2 unspecified atom stereocenters. The molecule has 0 rings (SSSR count). The van der Waals surface area contributed by atoms with Crippen LogP contribution in [0.4, 0.5) is 0 Å². The number of methoxy groups -OCH3 is 2. The van der Waals surface area contributed by atoms with Crippen LogP contribution >= 0.6 is 0 Å². The zero-order valence-corrected chi connectivity index (χ0v) is 9.82. The number of nitrogens with one attached hydrogen (secondary N) is 1. The van der Waals surface area contributed by atoms with Gasteiger partial charge < -0.3 is 19.9 Å². The molecule has 0 aromatic heterocycles. The number of carbonyl (C=O) groups excluding carboxylic acids is 1. The van der Waals surface area contributed by atoms with E-state index in [9.17, 15) is 4.79 Å². The average molecular weight is 219 g/mol. The molecule has 0 bridgehead atoms. The van der Waals surface area contributed by atoms with Crippen molar-refractivity contribution in [3.63, 3.8) is 0 Å². The van der Waals surface area contributed by atoms with Crippen LogP contribution in [0.15, 0.2) is 0 Å². The van der Waals surface area contributed by atoms with Crippen molar-refractivity contribution < 1.29 is 19.4 Å². The van der Waals surface area contributed by atoms with Gasteiger partial charge in [0, 0.05) is 20.6 Å². The first-order valence-corrected chi connectivity index (χ1v) is 5.04. The van der Waals surface area contributed by atoms with E-state index in [1.54, 1.807) is 13.8 Å². The molecule has 0 heterocycles. The van der Waals surface area contributed by atoms with E-state index in [2.05, 4.69) is 5.32 Å². The third kappa shape index (κ3) is 6.43. The van der Waals surface area contributed by atoms with E-state index in [0.29, 0.717) is 12.8 Å². The van der Waals surface area contributed by atoms with Gasteiger partial charge in [-0.2, -0.15) is 0 Å². The first-order valence-electron chi connectivity index (χ1n) is 5.04. The molecule has 0 aliphatic rings. The van der Waals surface area contributed by atoms with Crippen LogP contribution in [0.2, 0.25) is 0 Å². The first kappa shape index (κ1) is 14.3. The van der Waals surface area contributed by atoms with Gasteiger partial charge in [0.05, 0.1) is 12.1 Å². The molecule has 2 atom stereocenters. The van der Waals surface area contributed by atoms with Gasteiger partial charge >= 0.3 is 0 Å². The summed E-state index contributed by atoms with van der Waals surface area (Å²) in [7, 11) is 3.04. The van der Waals surface area contributed by atoms with Gasteiger partial charge in [0.2, 0.25) is 5.91 Å².